The summed E-state index contributed by atoms with van der Waals surface area (Å²) in [6, 6.07) is 0. The summed E-state index contributed by atoms with van der Waals surface area (Å²) in [4.78, 5) is 16.9. The van der Waals surface area contributed by atoms with Gasteiger partial charge in [0.15, 0.2) is 0 Å². The maximum atomic E-state index is 10.4. The first-order valence-electron chi connectivity index (χ1n) is 3.46. The molecule has 64 valence electrons. The number of ether oxygens (including phenoxy) is 1. The number of epoxide rings is 1. The van der Waals surface area contributed by atoms with Crippen LogP contribution < -0.4 is 0 Å². The van der Waals surface area contributed by atoms with Crippen LogP contribution in [-0.2, 0) is 13.8 Å². The van der Waals surface area contributed by atoms with Crippen LogP contribution in [0.25, 0.3) is 0 Å². The Bertz CT molecular complexity index is 211. The van der Waals surface area contributed by atoms with E-state index in [1.54, 1.807) is 0 Å². The van der Waals surface area contributed by atoms with Gasteiger partial charge in [0.2, 0.25) is 0 Å². The van der Waals surface area contributed by atoms with Crippen molar-refractivity contribution in [1.82, 2.24) is 0 Å². The summed E-state index contributed by atoms with van der Waals surface area (Å²) in [5, 5.41) is 0. The van der Waals surface area contributed by atoms with E-state index in [4.69, 9.17) is 14.5 Å². The van der Waals surface area contributed by atoms with Crippen molar-refractivity contribution in [2.24, 2.45) is 0 Å². The number of fused-ring (bicyclic) bond motifs is 1. The van der Waals surface area contributed by atoms with Crippen LogP contribution >= 0.6 is 7.82 Å². The second-order valence-corrected chi connectivity index (χ2v) is 4.04. The molecule has 0 aromatic heterocycles. The van der Waals surface area contributed by atoms with Crippen molar-refractivity contribution < 1.29 is 23.6 Å². The molecule has 2 N–H and O–H groups in total. The fourth-order valence-electron chi connectivity index (χ4n) is 1.50. The minimum absolute atomic E-state index is 0.0531. The third-order valence-corrected chi connectivity index (χ3v) is 2.54. The molecule has 0 bridgehead atoms. The number of hydrogen-bond acceptors (Lipinski definition) is 3. The van der Waals surface area contributed by atoms with Crippen molar-refractivity contribution in [3.63, 3.8) is 0 Å². The van der Waals surface area contributed by atoms with E-state index in [-0.39, 0.29) is 18.3 Å². The molecule has 0 aromatic carbocycles. The van der Waals surface area contributed by atoms with Crippen molar-refractivity contribution in [3.8, 4) is 0 Å². The fourth-order valence-corrected chi connectivity index (χ4v) is 2.08. The molecule has 0 aromatic rings. The van der Waals surface area contributed by atoms with Gasteiger partial charge in [0.25, 0.3) is 0 Å². The van der Waals surface area contributed by atoms with Crippen molar-refractivity contribution in [3.05, 3.63) is 0 Å². The Kier molecular flexibility index (Phi) is 1.60. The highest BCUT2D eigenvalue weighted by Crippen LogP contribution is 2.47. The average molecular weight is 180 g/mol. The lowest BCUT2D eigenvalue weighted by molar-refractivity contribution is 0.0980. The summed E-state index contributed by atoms with van der Waals surface area (Å²) in [6.07, 6.45) is 1.31. The summed E-state index contributed by atoms with van der Waals surface area (Å²) in [5.41, 5.74) is 0. The van der Waals surface area contributed by atoms with Crippen molar-refractivity contribution in [2.45, 2.75) is 31.2 Å². The Morgan fingerprint density at radius 2 is 2.18 bits per heavy atom. The summed E-state index contributed by atoms with van der Waals surface area (Å²) in [6.45, 7) is 0. The molecule has 2 aliphatic rings. The Morgan fingerprint density at radius 3 is 2.55 bits per heavy atom. The van der Waals surface area contributed by atoms with Gasteiger partial charge in [0.05, 0.1) is 12.2 Å². The van der Waals surface area contributed by atoms with Crippen LogP contribution in [0.5, 0.6) is 0 Å². The van der Waals surface area contributed by atoms with Gasteiger partial charge in [-0.3, -0.25) is 4.52 Å². The van der Waals surface area contributed by atoms with E-state index in [9.17, 15) is 4.57 Å². The minimum Gasteiger partial charge on any atom is -0.367 e. The van der Waals surface area contributed by atoms with Crippen LogP contribution in [0.2, 0.25) is 0 Å². The number of hydrogen-bond donors (Lipinski definition) is 2. The summed E-state index contributed by atoms with van der Waals surface area (Å²) >= 11 is 0. The van der Waals surface area contributed by atoms with Crippen LogP contribution in [-0.4, -0.2) is 28.1 Å². The molecular weight excluding hydrogens is 171 g/mol. The third kappa shape index (κ3) is 1.63. The standard InChI is InChI=1S/C5H9O5P/c6-11(7,8)10-4-2-1-3-5(4)9-3/h3-5H,1-2H2,(H2,6,7,8). The molecule has 2 fully saturated rings. The van der Waals surface area contributed by atoms with E-state index in [2.05, 4.69) is 4.52 Å². The van der Waals surface area contributed by atoms with E-state index < -0.39 is 7.82 Å². The predicted molar refractivity (Wildman–Crippen MR) is 34.8 cm³/mol. The molecule has 6 heteroatoms. The van der Waals surface area contributed by atoms with Crippen molar-refractivity contribution >= 4 is 7.82 Å². The second kappa shape index (κ2) is 2.28. The predicted octanol–water partition coefficient (Wildman–Crippen LogP) is 0.0255. The average Bonchev–Trinajstić information content (AvgIpc) is 2.50. The molecule has 11 heavy (non-hydrogen) atoms. The summed E-state index contributed by atoms with van der Waals surface area (Å²) in [5.74, 6) is 0. The van der Waals surface area contributed by atoms with E-state index in [1.165, 1.54) is 0 Å². The molecule has 2 rings (SSSR count). The maximum Gasteiger partial charge on any atom is 0.469 e. The number of phosphoric ester groups is 1. The minimum atomic E-state index is -4.31. The fraction of sp³-hybridized carbons (Fsp3) is 1.00. The van der Waals surface area contributed by atoms with Crippen molar-refractivity contribution in [1.29, 1.82) is 0 Å². The smallest absolute Gasteiger partial charge is 0.367 e. The van der Waals surface area contributed by atoms with Crippen molar-refractivity contribution in [2.75, 3.05) is 0 Å². The third-order valence-electron chi connectivity index (χ3n) is 2.00. The zero-order chi connectivity index (χ0) is 8.06. The van der Waals surface area contributed by atoms with Gasteiger partial charge in [-0.25, -0.2) is 4.57 Å². The zero-order valence-corrected chi connectivity index (χ0v) is 6.61. The highest BCUT2D eigenvalue weighted by Gasteiger charge is 2.52. The molecule has 0 amide bonds. The molecular formula is C5H9O5P. The molecule has 5 nitrogen and oxygen atoms in total. The normalized spacial score (nSPS) is 42.2. The van der Waals surface area contributed by atoms with E-state index in [1.807, 2.05) is 0 Å². The second-order valence-electron chi connectivity index (χ2n) is 2.85. The first-order chi connectivity index (χ1) is 5.06. The lowest BCUT2D eigenvalue weighted by Crippen LogP contribution is -2.14. The van der Waals surface area contributed by atoms with Crippen LogP contribution in [0.4, 0.5) is 0 Å². The van der Waals surface area contributed by atoms with Gasteiger partial charge in [0, 0.05) is 0 Å². The maximum absolute atomic E-state index is 10.4. The number of phosphoric acid groups is 1. The Labute approximate surface area is 63.6 Å². The molecule has 3 unspecified atom stereocenters. The van der Waals surface area contributed by atoms with Crippen LogP contribution in [0.3, 0.4) is 0 Å². The van der Waals surface area contributed by atoms with E-state index in [0.717, 1.165) is 6.42 Å². The molecule has 1 heterocycles. The molecule has 1 saturated heterocycles. The molecule has 1 aliphatic heterocycles. The summed E-state index contributed by atoms with van der Waals surface area (Å²) in [7, 11) is -4.31. The Balaban J connectivity index is 1.92. The quantitative estimate of drug-likeness (QED) is 0.462. The van der Waals surface area contributed by atoms with Gasteiger partial charge in [0.1, 0.15) is 6.10 Å². The zero-order valence-electron chi connectivity index (χ0n) is 5.71. The van der Waals surface area contributed by atoms with Gasteiger partial charge in [-0.2, -0.15) is 0 Å². The Hall–Kier alpha value is 0.0700. The monoisotopic (exact) mass is 180 g/mol. The summed E-state index contributed by atoms with van der Waals surface area (Å²) < 4.78 is 19.9. The lowest BCUT2D eigenvalue weighted by atomic mass is 10.3. The van der Waals surface area contributed by atoms with E-state index in [0.29, 0.717) is 6.42 Å². The van der Waals surface area contributed by atoms with E-state index >= 15 is 0 Å². The topological polar surface area (TPSA) is 79.3 Å². The lowest BCUT2D eigenvalue weighted by Gasteiger charge is -2.11. The Morgan fingerprint density at radius 1 is 1.45 bits per heavy atom. The molecule has 1 saturated carbocycles. The SMILES string of the molecule is O=P(O)(O)OC1CCC2OC21. The van der Waals surface area contributed by atoms with Crippen LogP contribution in [0, 0.1) is 0 Å². The molecule has 0 spiro atoms. The first-order valence-corrected chi connectivity index (χ1v) is 4.99. The van der Waals surface area contributed by atoms with Gasteiger partial charge >= 0.3 is 7.82 Å². The van der Waals surface area contributed by atoms with Gasteiger partial charge in [-0.15, -0.1) is 0 Å². The van der Waals surface area contributed by atoms with Gasteiger partial charge in [-0.1, -0.05) is 0 Å². The highest BCUT2D eigenvalue weighted by molar-refractivity contribution is 7.46. The number of rotatable bonds is 2. The highest BCUT2D eigenvalue weighted by atomic mass is 31.2. The largest absolute Gasteiger partial charge is 0.469 e. The van der Waals surface area contributed by atoms with Gasteiger partial charge < -0.3 is 14.5 Å². The first kappa shape index (κ1) is 7.71. The molecule has 1 aliphatic carbocycles. The molecule has 3 atom stereocenters. The van der Waals surface area contributed by atoms with Gasteiger partial charge in [-0.05, 0) is 12.8 Å². The van der Waals surface area contributed by atoms with Crippen LogP contribution in [0.1, 0.15) is 12.8 Å². The van der Waals surface area contributed by atoms with Crippen LogP contribution in [0.15, 0.2) is 0 Å². The molecule has 0 radical (unpaired) electrons.